The molecule has 198 valence electrons. The summed E-state index contributed by atoms with van der Waals surface area (Å²) in [5.41, 5.74) is 2.13. The second kappa shape index (κ2) is 16.4. The molecule has 0 saturated heterocycles. The number of benzene rings is 2. The molecule has 1 aliphatic heterocycles. The zero-order valence-corrected chi connectivity index (χ0v) is 26.1. The molecule has 1 aliphatic carbocycles. The molecule has 2 aromatic rings. The third-order valence-electron chi connectivity index (χ3n) is 6.54. The normalized spacial score (nSPS) is 28.8. The minimum absolute atomic E-state index is 0. The molecule has 0 amide bonds. The van der Waals surface area contributed by atoms with Crippen molar-refractivity contribution in [1.82, 2.24) is 0 Å². The van der Waals surface area contributed by atoms with Crippen LogP contribution < -0.4 is 0 Å². The van der Waals surface area contributed by atoms with E-state index in [2.05, 4.69) is 13.0 Å². The molecule has 2 aliphatic rings. The quantitative estimate of drug-likeness (QED) is 0.323. The Balaban J connectivity index is 0.000000520. The second-order valence-electron chi connectivity index (χ2n) is 9.25. The Morgan fingerprint density at radius 3 is 2.32 bits per heavy atom. The van der Waals surface area contributed by atoms with Gasteiger partial charge in [0, 0.05) is 0 Å². The average Bonchev–Trinajstić information content (AvgIpc) is 2.90. The van der Waals surface area contributed by atoms with Gasteiger partial charge in [-0.05, 0) is 24.3 Å². The van der Waals surface area contributed by atoms with Crippen molar-refractivity contribution in [3.8, 4) is 0 Å². The van der Waals surface area contributed by atoms with Gasteiger partial charge in [0.05, 0.1) is 37.9 Å². The minimum atomic E-state index is -0.763. The molecule has 1 N–H and O–H groups in total. The van der Waals surface area contributed by atoms with Crippen molar-refractivity contribution in [3.63, 3.8) is 0 Å². The summed E-state index contributed by atoms with van der Waals surface area (Å²) >= 11 is 0. The first-order valence-corrected chi connectivity index (χ1v) is 12.6. The topological polar surface area (TPSA) is 74.2 Å². The summed E-state index contributed by atoms with van der Waals surface area (Å²) in [7, 11) is 1.38. The number of esters is 1. The molecule has 37 heavy (non-hydrogen) atoms. The molecule has 1 saturated carbocycles. The van der Waals surface area contributed by atoms with Crippen LogP contribution in [-0.2, 0) is 30.3 Å². The van der Waals surface area contributed by atoms with Crippen LogP contribution in [0.2, 0.25) is 0 Å². The van der Waals surface area contributed by atoms with Gasteiger partial charge in [-0.3, -0.25) is 4.79 Å². The van der Waals surface area contributed by atoms with Crippen molar-refractivity contribution in [2.24, 2.45) is 11.8 Å². The zero-order valence-electron chi connectivity index (χ0n) is 21.9. The van der Waals surface area contributed by atoms with Gasteiger partial charge in [0.25, 0.3) is 0 Å². The SMILES string of the molecule is CC[C@@H]1CC(C(=O)OC)CC(O)C1OC1OC(C)[C-]=C[C@@H]1OCc1ccccc1.[CH2-]c1ccccc1.[U+2]. The van der Waals surface area contributed by atoms with Gasteiger partial charge in [0.15, 0.2) is 6.29 Å². The van der Waals surface area contributed by atoms with Crippen molar-refractivity contribution in [1.29, 1.82) is 0 Å². The Morgan fingerprint density at radius 2 is 1.76 bits per heavy atom. The fraction of sp³-hybridized carbons (Fsp3) is 0.467. The number of rotatable bonds is 7. The van der Waals surface area contributed by atoms with Crippen molar-refractivity contribution in [2.45, 2.75) is 70.4 Å². The summed E-state index contributed by atoms with van der Waals surface area (Å²) in [4.78, 5) is 12.0. The van der Waals surface area contributed by atoms with Crippen LogP contribution in [0.4, 0.5) is 0 Å². The van der Waals surface area contributed by atoms with Crippen LogP contribution in [0.5, 0.6) is 0 Å². The summed E-state index contributed by atoms with van der Waals surface area (Å²) in [6.07, 6.45) is 4.24. The predicted molar refractivity (Wildman–Crippen MR) is 137 cm³/mol. The molecule has 0 spiro atoms. The number of carbonyl (C=O) groups is 1. The van der Waals surface area contributed by atoms with E-state index in [1.165, 1.54) is 7.11 Å². The molecule has 0 bridgehead atoms. The summed E-state index contributed by atoms with van der Waals surface area (Å²) in [5, 5.41) is 10.7. The maximum atomic E-state index is 12.0. The third-order valence-corrected chi connectivity index (χ3v) is 6.54. The van der Waals surface area contributed by atoms with Crippen LogP contribution in [0.15, 0.2) is 66.7 Å². The molecule has 4 rings (SSSR count). The van der Waals surface area contributed by atoms with Crippen LogP contribution in [-0.4, -0.2) is 48.9 Å². The number of hydrogen-bond acceptors (Lipinski definition) is 6. The molecule has 0 aromatic heterocycles. The van der Waals surface area contributed by atoms with Crippen molar-refractivity contribution in [3.05, 3.63) is 90.9 Å². The van der Waals surface area contributed by atoms with Crippen molar-refractivity contribution >= 4 is 5.97 Å². The molecule has 1 heterocycles. The van der Waals surface area contributed by atoms with E-state index in [4.69, 9.17) is 18.9 Å². The molecule has 6 nitrogen and oxygen atoms in total. The summed E-state index contributed by atoms with van der Waals surface area (Å²) in [6.45, 7) is 8.07. The van der Waals surface area contributed by atoms with Crippen LogP contribution in [0.3, 0.4) is 0 Å². The van der Waals surface area contributed by atoms with Gasteiger partial charge in [0.2, 0.25) is 0 Å². The van der Waals surface area contributed by atoms with Crippen molar-refractivity contribution < 1.29 is 60.0 Å². The van der Waals surface area contributed by atoms with Gasteiger partial charge in [0.1, 0.15) is 0 Å². The summed E-state index contributed by atoms with van der Waals surface area (Å²) in [5.74, 6) is -0.541. The Hall–Kier alpha value is -1.59. The molecule has 7 atom stereocenters. The summed E-state index contributed by atoms with van der Waals surface area (Å²) in [6, 6.07) is 19.8. The number of hydrogen-bond donors (Lipinski definition) is 1. The maximum absolute atomic E-state index is 12.0. The van der Waals surface area contributed by atoms with E-state index in [-0.39, 0.29) is 55.0 Å². The third kappa shape index (κ3) is 9.91. The fourth-order valence-electron chi connectivity index (χ4n) is 4.56. The first kappa shape index (κ1) is 31.6. The van der Waals surface area contributed by atoms with E-state index in [0.717, 1.165) is 17.5 Å². The van der Waals surface area contributed by atoms with Gasteiger partial charge in [-0.1, -0.05) is 62.8 Å². The number of ether oxygens (including phenoxy) is 4. The van der Waals surface area contributed by atoms with Crippen LogP contribution in [0, 0.1) is 55.9 Å². The monoisotopic (exact) mass is 732 g/mol. The van der Waals surface area contributed by atoms with E-state index in [1.54, 1.807) is 0 Å². The first-order chi connectivity index (χ1) is 17.4. The first-order valence-electron chi connectivity index (χ1n) is 12.6. The van der Waals surface area contributed by atoms with Crippen LogP contribution in [0.25, 0.3) is 0 Å². The zero-order chi connectivity index (χ0) is 25.9. The van der Waals surface area contributed by atoms with Gasteiger partial charge >= 0.3 is 37.1 Å². The van der Waals surface area contributed by atoms with E-state index in [1.807, 2.05) is 80.6 Å². The van der Waals surface area contributed by atoms with E-state index in [0.29, 0.717) is 19.4 Å². The van der Waals surface area contributed by atoms with Crippen LogP contribution in [0.1, 0.15) is 44.2 Å². The largest absolute Gasteiger partial charge is 2.00 e. The molecule has 5 unspecified atom stereocenters. The fourth-order valence-corrected chi connectivity index (χ4v) is 4.56. The smallest absolute Gasteiger partial charge is 0.469 e. The average molecular weight is 733 g/mol. The van der Waals surface area contributed by atoms with E-state index < -0.39 is 24.6 Å². The predicted octanol–water partition coefficient (Wildman–Crippen LogP) is 4.90. The molecule has 2 aromatic carbocycles. The Kier molecular flexibility index (Phi) is 14.0. The standard InChI is InChI=1S/C23H31O6.C7H7.U/c1-4-17-12-18(22(25)26-3)13-19(24)21(17)29-23-20(11-10-15(2)28-23)27-14-16-8-6-5-7-9-16;1-7-5-3-2-4-6-7;/h5-9,11,15,17-21,23-24H,4,12-14H2,1-3H3;2-6H,1H2;/q2*-1;+2/t15?,17-,18?,19?,20+,21?,23?;;/m1../s1. The number of aliphatic hydroxyl groups is 1. The minimum Gasteiger partial charge on any atom is -0.469 e. The van der Waals surface area contributed by atoms with E-state index in [9.17, 15) is 9.90 Å². The maximum Gasteiger partial charge on any atom is 2.00 e. The molecular formula is C30H38O6U. The Morgan fingerprint density at radius 1 is 1.11 bits per heavy atom. The Bertz CT molecular complexity index is 938. The van der Waals surface area contributed by atoms with E-state index >= 15 is 0 Å². The number of aliphatic hydroxyl groups excluding tert-OH is 1. The molecule has 1 fully saturated rings. The molecule has 0 radical (unpaired) electrons. The van der Waals surface area contributed by atoms with Gasteiger partial charge in [-0.2, -0.15) is 24.6 Å². The van der Waals surface area contributed by atoms with Gasteiger partial charge in [-0.25, -0.2) is 6.08 Å². The van der Waals surface area contributed by atoms with Gasteiger partial charge < -0.3 is 30.1 Å². The molecule has 7 heteroatoms. The molecular weight excluding hydrogens is 694 g/mol. The second-order valence-corrected chi connectivity index (χ2v) is 9.25. The Labute approximate surface area is 245 Å². The van der Waals surface area contributed by atoms with Gasteiger partial charge in [-0.15, -0.1) is 12.1 Å². The van der Waals surface area contributed by atoms with Crippen molar-refractivity contribution in [2.75, 3.05) is 7.11 Å². The number of carbonyl (C=O) groups excluding carboxylic acids is 1. The summed E-state index contributed by atoms with van der Waals surface area (Å²) < 4.78 is 23.1. The van der Waals surface area contributed by atoms with Crippen LogP contribution >= 0.6 is 0 Å². The number of methoxy groups -OCH3 is 1.